The van der Waals surface area contributed by atoms with E-state index in [9.17, 15) is 0 Å². The Morgan fingerprint density at radius 1 is 1.11 bits per heavy atom. The maximum absolute atomic E-state index is 6.22. The minimum Gasteiger partial charge on any atom is -0.314 e. The van der Waals surface area contributed by atoms with E-state index in [0.29, 0.717) is 0 Å². The average Bonchev–Trinajstić information content (AvgIpc) is 2.34. The van der Waals surface area contributed by atoms with Crippen LogP contribution in [0.4, 0.5) is 0 Å². The molecule has 0 atom stereocenters. The lowest BCUT2D eigenvalue weighted by Gasteiger charge is -2.43. The van der Waals surface area contributed by atoms with E-state index in [4.69, 9.17) is 23.2 Å². The summed E-state index contributed by atoms with van der Waals surface area (Å²) in [4.78, 5) is 5.05. The molecular formula is C14H19Cl2N3. The van der Waals surface area contributed by atoms with E-state index in [2.05, 4.69) is 15.1 Å². The van der Waals surface area contributed by atoms with Gasteiger partial charge in [0.05, 0.1) is 0 Å². The number of hydrogen-bond donors (Lipinski definition) is 1. The normalized spacial score (nSPS) is 22.4. The Morgan fingerprint density at radius 2 is 1.84 bits per heavy atom. The molecule has 2 heterocycles. The summed E-state index contributed by atoms with van der Waals surface area (Å²) < 4.78 is 0. The summed E-state index contributed by atoms with van der Waals surface area (Å²) in [6, 6.07) is 6.47. The fourth-order valence-corrected chi connectivity index (χ4v) is 3.10. The molecule has 104 valence electrons. The van der Waals surface area contributed by atoms with Crippen molar-refractivity contribution in [2.24, 2.45) is 0 Å². The Morgan fingerprint density at radius 3 is 2.47 bits per heavy atom. The summed E-state index contributed by atoms with van der Waals surface area (Å²) in [6.07, 6.45) is 0. The first-order valence-corrected chi connectivity index (χ1v) is 7.59. The van der Waals surface area contributed by atoms with Crippen LogP contribution in [-0.2, 0) is 6.54 Å². The first-order chi connectivity index (χ1) is 9.22. The zero-order valence-corrected chi connectivity index (χ0v) is 12.4. The smallest absolute Gasteiger partial charge is 0.0452 e. The van der Waals surface area contributed by atoms with Crippen molar-refractivity contribution < 1.29 is 0 Å². The van der Waals surface area contributed by atoms with Gasteiger partial charge in [0.25, 0.3) is 0 Å². The Kier molecular flexibility index (Phi) is 4.30. The summed E-state index contributed by atoms with van der Waals surface area (Å²) in [7, 11) is 0. The third-order valence-electron chi connectivity index (χ3n) is 4.08. The molecule has 0 bridgehead atoms. The lowest BCUT2D eigenvalue weighted by Crippen LogP contribution is -2.61. The van der Waals surface area contributed by atoms with Crippen LogP contribution in [0.5, 0.6) is 0 Å². The number of benzene rings is 1. The third kappa shape index (κ3) is 3.23. The van der Waals surface area contributed by atoms with Crippen LogP contribution in [0.15, 0.2) is 18.2 Å². The van der Waals surface area contributed by atoms with Crippen LogP contribution in [0.2, 0.25) is 10.0 Å². The summed E-state index contributed by atoms with van der Waals surface area (Å²) in [5.74, 6) is 0. The second kappa shape index (κ2) is 5.98. The van der Waals surface area contributed by atoms with Crippen molar-refractivity contribution in [3.05, 3.63) is 33.8 Å². The van der Waals surface area contributed by atoms with Gasteiger partial charge in [0.15, 0.2) is 0 Å². The molecule has 2 saturated heterocycles. The minimum absolute atomic E-state index is 0.761. The van der Waals surface area contributed by atoms with Crippen LogP contribution in [-0.4, -0.2) is 55.1 Å². The predicted octanol–water partition coefficient (Wildman–Crippen LogP) is 2.08. The molecule has 19 heavy (non-hydrogen) atoms. The molecule has 0 unspecified atom stereocenters. The molecule has 1 aromatic rings. The van der Waals surface area contributed by atoms with Gasteiger partial charge in [0.2, 0.25) is 0 Å². The molecule has 2 fully saturated rings. The summed E-state index contributed by atoms with van der Waals surface area (Å²) in [6.45, 7) is 7.74. The molecule has 2 aliphatic rings. The molecule has 2 aliphatic heterocycles. The number of halogens is 2. The average molecular weight is 300 g/mol. The van der Waals surface area contributed by atoms with E-state index in [-0.39, 0.29) is 0 Å². The van der Waals surface area contributed by atoms with Crippen LogP contribution >= 0.6 is 23.2 Å². The largest absolute Gasteiger partial charge is 0.314 e. The maximum Gasteiger partial charge on any atom is 0.0452 e. The van der Waals surface area contributed by atoms with Crippen molar-refractivity contribution in [3.63, 3.8) is 0 Å². The number of nitrogens with one attached hydrogen (secondary N) is 1. The highest BCUT2D eigenvalue weighted by Gasteiger charge is 2.27. The monoisotopic (exact) mass is 299 g/mol. The van der Waals surface area contributed by atoms with Crippen LogP contribution in [0.25, 0.3) is 0 Å². The van der Waals surface area contributed by atoms with Crippen molar-refractivity contribution >= 4 is 23.2 Å². The summed E-state index contributed by atoms with van der Waals surface area (Å²) in [5.41, 5.74) is 1.13. The van der Waals surface area contributed by atoms with E-state index in [1.54, 1.807) is 0 Å². The maximum atomic E-state index is 6.22. The number of rotatable bonds is 3. The van der Waals surface area contributed by atoms with Crippen molar-refractivity contribution in [2.75, 3.05) is 39.3 Å². The molecule has 0 spiro atoms. The van der Waals surface area contributed by atoms with Crippen molar-refractivity contribution in [2.45, 2.75) is 12.6 Å². The van der Waals surface area contributed by atoms with Gasteiger partial charge in [0, 0.05) is 61.9 Å². The van der Waals surface area contributed by atoms with Gasteiger partial charge in [-0.05, 0) is 23.8 Å². The van der Waals surface area contributed by atoms with Crippen LogP contribution in [0, 0.1) is 0 Å². The lowest BCUT2D eigenvalue weighted by molar-refractivity contribution is 0.0696. The molecule has 1 aromatic carbocycles. The van der Waals surface area contributed by atoms with Crippen LogP contribution in [0.1, 0.15) is 5.56 Å². The van der Waals surface area contributed by atoms with Gasteiger partial charge in [-0.3, -0.25) is 9.80 Å². The number of nitrogens with zero attached hydrogens (tertiary/aromatic N) is 2. The molecule has 0 radical (unpaired) electrons. The fourth-order valence-electron chi connectivity index (χ4n) is 2.72. The van der Waals surface area contributed by atoms with Crippen molar-refractivity contribution in [1.82, 2.24) is 15.1 Å². The molecular weight excluding hydrogens is 281 g/mol. The Balaban J connectivity index is 1.55. The Labute approximate surface area is 124 Å². The summed E-state index contributed by atoms with van der Waals surface area (Å²) >= 11 is 12.3. The third-order valence-corrected chi connectivity index (χ3v) is 4.69. The van der Waals surface area contributed by atoms with Gasteiger partial charge in [-0.25, -0.2) is 0 Å². The SMILES string of the molecule is Clc1ccc(Cl)c(CN2CCN(C3CNC3)CC2)c1. The van der Waals surface area contributed by atoms with E-state index >= 15 is 0 Å². The molecule has 0 aliphatic carbocycles. The molecule has 3 nitrogen and oxygen atoms in total. The Bertz CT molecular complexity index is 440. The van der Waals surface area contributed by atoms with Crippen molar-refractivity contribution in [3.8, 4) is 0 Å². The fraction of sp³-hybridized carbons (Fsp3) is 0.571. The molecule has 3 rings (SSSR count). The quantitative estimate of drug-likeness (QED) is 0.922. The second-order valence-electron chi connectivity index (χ2n) is 5.36. The number of piperazine rings is 1. The first-order valence-electron chi connectivity index (χ1n) is 6.83. The van der Waals surface area contributed by atoms with Crippen LogP contribution in [0.3, 0.4) is 0 Å². The topological polar surface area (TPSA) is 18.5 Å². The predicted molar refractivity (Wildman–Crippen MR) is 80.0 cm³/mol. The van der Waals surface area contributed by atoms with E-state index in [0.717, 1.165) is 67.5 Å². The summed E-state index contributed by atoms with van der Waals surface area (Å²) in [5, 5.41) is 4.91. The van der Waals surface area contributed by atoms with E-state index in [1.165, 1.54) is 0 Å². The van der Waals surface area contributed by atoms with Gasteiger partial charge < -0.3 is 5.32 Å². The highest BCUT2D eigenvalue weighted by Crippen LogP contribution is 2.22. The van der Waals surface area contributed by atoms with Gasteiger partial charge >= 0.3 is 0 Å². The first kappa shape index (κ1) is 13.7. The molecule has 0 aromatic heterocycles. The van der Waals surface area contributed by atoms with Gasteiger partial charge in [0.1, 0.15) is 0 Å². The molecule has 0 amide bonds. The Hall–Kier alpha value is -0.320. The van der Waals surface area contributed by atoms with Crippen molar-refractivity contribution in [1.29, 1.82) is 0 Å². The van der Waals surface area contributed by atoms with Gasteiger partial charge in [-0.15, -0.1) is 0 Å². The zero-order chi connectivity index (χ0) is 13.2. The minimum atomic E-state index is 0.761. The molecule has 1 N–H and O–H groups in total. The van der Waals surface area contributed by atoms with Gasteiger partial charge in [-0.2, -0.15) is 0 Å². The molecule has 5 heteroatoms. The second-order valence-corrected chi connectivity index (χ2v) is 6.20. The van der Waals surface area contributed by atoms with Crippen LogP contribution < -0.4 is 5.32 Å². The highest BCUT2D eigenvalue weighted by atomic mass is 35.5. The zero-order valence-electron chi connectivity index (χ0n) is 10.9. The molecule has 0 saturated carbocycles. The lowest BCUT2D eigenvalue weighted by atomic mass is 10.1. The number of hydrogen-bond acceptors (Lipinski definition) is 3. The van der Waals surface area contributed by atoms with Gasteiger partial charge in [-0.1, -0.05) is 23.2 Å². The van der Waals surface area contributed by atoms with E-state index < -0.39 is 0 Å². The standard InChI is InChI=1S/C14H19Cl2N3/c15-12-1-2-14(16)11(7-12)10-18-3-5-19(6-4-18)13-8-17-9-13/h1-2,7,13,17H,3-6,8-10H2. The highest BCUT2D eigenvalue weighted by molar-refractivity contribution is 6.33. The van der Waals surface area contributed by atoms with E-state index in [1.807, 2.05) is 18.2 Å².